The van der Waals surface area contributed by atoms with E-state index in [9.17, 15) is 18.4 Å². The van der Waals surface area contributed by atoms with Gasteiger partial charge in [-0.15, -0.1) is 5.06 Å². The molecule has 6 nitrogen and oxygen atoms in total. The van der Waals surface area contributed by atoms with Crippen LogP contribution in [0.25, 0.3) is 0 Å². The van der Waals surface area contributed by atoms with Gasteiger partial charge >= 0.3 is 0 Å². The number of carbonyl (C=O) groups excluding carboxylic acids is 2. The molecule has 110 valence electrons. The maximum absolute atomic E-state index is 12.3. The van der Waals surface area contributed by atoms with Gasteiger partial charge in [-0.2, -0.15) is 4.28 Å². The quantitative estimate of drug-likeness (QED) is 0.567. The van der Waals surface area contributed by atoms with Crippen LogP contribution in [0.3, 0.4) is 0 Å². The molecule has 0 bridgehead atoms. The predicted octanol–water partition coefficient (Wildman–Crippen LogP) is 1.41. The van der Waals surface area contributed by atoms with Crippen molar-refractivity contribution in [2.75, 3.05) is 0 Å². The number of carbonyl (C=O) groups is 2. The standard InChI is InChI=1S/C12H21NO5S/c1-11(2,3)7-8(12(4,5)6)10(15)13(9(7)14)18-19(16)17/h7-8H,1-6H3,(H,16,17)/p-1. The number of rotatable bonds is 2. The highest BCUT2D eigenvalue weighted by Crippen LogP contribution is 2.47. The van der Waals surface area contributed by atoms with Crippen molar-refractivity contribution in [1.82, 2.24) is 5.06 Å². The van der Waals surface area contributed by atoms with E-state index >= 15 is 0 Å². The van der Waals surface area contributed by atoms with Gasteiger partial charge in [-0.3, -0.25) is 9.59 Å². The lowest BCUT2D eigenvalue weighted by Crippen LogP contribution is -2.38. The minimum Gasteiger partial charge on any atom is -0.748 e. The molecule has 0 radical (unpaired) electrons. The van der Waals surface area contributed by atoms with Crippen LogP contribution in [0.15, 0.2) is 0 Å². The first-order chi connectivity index (χ1) is 8.37. The third-order valence-corrected chi connectivity index (χ3v) is 3.54. The molecule has 0 spiro atoms. The van der Waals surface area contributed by atoms with Gasteiger partial charge in [0.25, 0.3) is 11.8 Å². The van der Waals surface area contributed by atoms with Gasteiger partial charge in [0.2, 0.25) is 0 Å². The molecule has 1 saturated heterocycles. The molecular weight excluding hydrogens is 270 g/mol. The van der Waals surface area contributed by atoms with Crippen LogP contribution in [0, 0.1) is 22.7 Å². The van der Waals surface area contributed by atoms with E-state index < -0.39 is 45.8 Å². The summed E-state index contributed by atoms with van der Waals surface area (Å²) in [6.45, 7) is 11.1. The third-order valence-electron chi connectivity index (χ3n) is 3.27. The molecule has 7 heteroatoms. The lowest BCUT2D eigenvalue weighted by atomic mass is 9.65. The molecule has 0 saturated carbocycles. The first-order valence-corrected chi connectivity index (χ1v) is 7.03. The fourth-order valence-electron chi connectivity index (χ4n) is 2.52. The van der Waals surface area contributed by atoms with Gasteiger partial charge in [-0.1, -0.05) is 41.5 Å². The van der Waals surface area contributed by atoms with Crippen molar-refractivity contribution < 1.29 is 22.6 Å². The third kappa shape index (κ3) is 3.21. The summed E-state index contributed by atoms with van der Waals surface area (Å²) in [6, 6.07) is 0. The average molecular weight is 290 g/mol. The summed E-state index contributed by atoms with van der Waals surface area (Å²) < 4.78 is 25.5. The zero-order valence-electron chi connectivity index (χ0n) is 12.1. The molecule has 0 aliphatic carbocycles. The Morgan fingerprint density at radius 3 is 1.53 bits per heavy atom. The molecule has 19 heavy (non-hydrogen) atoms. The minimum absolute atomic E-state index is 0.384. The van der Waals surface area contributed by atoms with Crippen molar-refractivity contribution in [3.8, 4) is 0 Å². The lowest BCUT2D eigenvalue weighted by Gasteiger charge is -2.35. The molecule has 1 fully saturated rings. The van der Waals surface area contributed by atoms with Crippen LogP contribution in [0.5, 0.6) is 0 Å². The van der Waals surface area contributed by atoms with E-state index in [0.717, 1.165) is 0 Å². The van der Waals surface area contributed by atoms with Crippen LogP contribution in [0.4, 0.5) is 0 Å². The maximum Gasteiger partial charge on any atom is 0.258 e. The van der Waals surface area contributed by atoms with Crippen molar-refractivity contribution in [3.05, 3.63) is 0 Å². The number of amides is 2. The minimum atomic E-state index is -2.95. The SMILES string of the molecule is CC(C)(C)C1C(=O)N(OS(=O)[O-])C(=O)C1C(C)(C)C. The van der Waals surface area contributed by atoms with Crippen molar-refractivity contribution >= 4 is 23.2 Å². The van der Waals surface area contributed by atoms with E-state index in [1.165, 1.54) is 0 Å². The Kier molecular flexibility index (Phi) is 4.24. The fraction of sp³-hybridized carbons (Fsp3) is 0.833. The molecule has 1 heterocycles. The molecule has 0 aromatic rings. The van der Waals surface area contributed by atoms with Crippen LogP contribution in [-0.4, -0.2) is 25.6 Å². The molecule has 0 N–H and O–H groups in total. The summed E-state index contributed by atoms with van der Waals surface area (Å²) >= 11 is -2.95. The Hall–Kier alpha value is -0.790. The molecule has 1 rings (SSSR count). The summed E-state index contributed by atoms with van der Waals surface area (Å²) in [5.41, 5.74) is -0.930. The number of nitrogens with zero attached hydrogens (tertiary/aromatic N) is 1. The normalized spacial score (nSPS) is 27.0. The van der Waals surface area contributed by atoms with Crippen LogP contribution < -0.4 is 0 Å². The van der Waals surface area contributed by atoms with Crippen LogP contribution in [0.1, 0.15) is 41.5 Å². The summed E-state index contributed by atoms with van der Waals surface area (Å²) in [4.78, 5) is 24.5. The highest BCUT2D eigenvalue weighted by molar-refractivity contribution is 7.74. The largest absolute Gasteiger partial charge is 0.748 e. The summed E-state index contributed by atoms with van der Waals surface area (Å²) in [7, 11) is 0. The molecule has 2 amide bonds. The van der Waals surface area contributed by atoms with E-state index in [-0.39, 0.29) is 0 Å². The van der Waals surface area contributed by atoms with Crippen LogP contribution in [0.2, 0.25) is 0 Å². The lowest BCUT2D eigenvalue weighted by molar-refractivity contribution is -0.167. The second kappa shape index (κ2) is 4.96. The first-order valence-electron chi connectivity index (χ1n) is 6.03. The Morgan fingerprint density at radius 1 is 1.00 bits per heavy atom. The number of imide groups is 1. The van der Waals surface area contributed by atoms with Gasteiger partial charge in [0.05, 0.1) is 11.8 Å². The second-order valence-electron chi connectivity index (χ2n) is 6.94. The van der Waals surface area contributed by atoms with Crippen molar-refractivity contribution in [2.24, 2.45) is 22.7 Å². The predicted molar refractivity (Wildman–Crippen MR) is 67.7 cm³/mol. The smallest absolute Gasteiger partial charge is 0.258 e. The van der Waals surface area contributed by atoms with Gasteiger partial charge in [0, 0.05) is 0 Å². The Balaban J connectivity index is 3.25. The maximum atomic E-state index is 12.3. The van der Waals surface area contributed by atoms with Gasteiger partial charge in [0.15, 0.2) is 0 Å². The van der Waals surface area contributed by atoms with Crippen molar-refractivity contribution in [1.29, 1.82) is 0 Å². The van der Waals surface area contributed by atoms with Gasteiger partial charge in [0.1, 0.15) is 11.4 Å². The number of hydroxylamine groups is 2. The average Bonchev–Trinajstić information content (AvgIpc) is 2.39. The van der Waals surface area contributed by atoms with Gasteiger partial charge in [-0.25, -0.2) is 4.21 Å². The zero-order valence-corrected chi connectivity index (χ0v) is 12.9. The molecular formula is C12H20NO5S-. The molecule has 1 aliphatic heterocycles. The van der Waals surface area contributed by atoms with E-state index in [0.29, 0.717) is 5.06 Å². The van der Waals surface area contributed by atoms with E-state index in [1.807, 2.05) is 41.5 Å². The Bertz CT molecular complexity index is 389. The van der Waals surface area contributed by atoms with Crippen LogP contribution >= 0.6 is 0 Å². The summed E-state index contributed by atoms with van der Waals surface area (Å²) in [6.07, 6.45) is 0. The Morgan fingerprint density at radius 2 is 1.32 bits per heavy atom. The number of hydrogen-bond donors (Lipinski definition) is 0. The fourth-order valence-corrected chi connectivity index (χ4v) is 2.79. The monoisotopic (exact) mass is 290 g/mol. The van der Waals surface area contributed by atoms with Gasteiger partial charge < -0.3 is 4.55 Å². The van der Waals surface area contributed by atoms with Crippen molar-refractivity contribution in [3.63, 3.8) is 0 Å². The Labute approximate surface area is 115 Å². The topological polar surface area (TPSA) is 86.7 Å². The summed E-state index contributed by atoms with van der Waals surface area (Å²) in [5.74, 6) is -2.41. The van der Waals surface area contributed by atoms with Gasteiger partial charge in [-0.05, 0) is 10.8 Å². The van der Waals surface area contributed by atoms with E-state index in [2.05, 4.69) is 4.28 Å². The first kappa shape index (κ1) is 16.3. The zero-order chi connectivity index (χ0) is 15.2. The van der Waals surface area contributed by atoms with Crippen LogP contribution in [-0.2, 0) is 25.2 Å². The molecule has 0 aromatic heterocycles. The number of hydrogen-bond acceptors (Lipinski definition) is 5. The summed E-state index contributed by atoms with van der Waals surface area (Å²) in [5, 5.41) is 0.384. The molecule has 0 aromatic carbocycles. The van der Waals surface area contributed by atoms with Crippen molar-refractivity contribution in [2.45, 2.75) is 41.5 Å². The van der Waals surface area contributed by atoms with E-state index in [4.69, 9.17) is 0 Å². The second-order valence-corrected chi connectivity index (χ2v) is 7.49. The van der Waals surface area contributed by atoms with E-state index in [1.54, 1.807) is 0 Å². The molecule has 3 atom stereocenters. The highest BCUT2D eigenvalue weighted by Gasteiger charge is 2.57. The highest BCUT2D eigenvalue weighted by atomic mass is 32.2. The molecule has 3 unspecified atom stereocenters. The molecule has 1 aliphatic rings.